The Morgan fingerprint density at radius 1 is 0.984 bits per heavy atom. The Hall–Kier alpha value is -3.40. The highest BCUT2D eigenvalue weighted by atomic mass is 16.6. The maximum absolute atomic E-state index is 13.3. The molecule has 11 atom stereocenters. The van der Waals surface area contributed by atoms with Crippen LogP contribution in [0.3, 0.4) is 0 Å². The third kappa shape index (κ3) is 16.3. The van der Waals surface area contributed by atoms with Gasteiger partial charge in [-0.1, -0.05) is 75.6 Å². The number of ether oxygens (including phenoxy) is 3. The van der Waals surface area contributed by atoms with Crippen LogP contribution in [0.1, 0.15) is 144 Å². The predicted molar refractivity (Wildman–Crippen MR) is 238 cm³/mol. The number of carbonyl (C=O) groups is 4. The number of aliphatic hydroxyl groups excluding tert-OH is 1. The van der Waals surface area contributed by atoms with Crippen LogP contribution in [0.4, 0.5) is 0 Å². The van der Waals surface area contributed by atoms with E-state index in [9.17, 15) is 34.5 Å². The second-order valence-corrected chi connectivity index (χ2v) is 18.3. The zero-order chi connectivity index (χ0) is 45.1. The summed E-state index contributed by atoms with van der Waals surface area (Å²) in [4.78, 5) is 52.3. The number of amides is 1. The summed E-state index contributed by atoms with van der Waals surface area (Å²) in [6.45, 7) is 9.75. The van der Waals surface area contributed by atoms with E-state index in [0.29, 0.717) is 75.7 Å². The Balaban J connectivity index is 1.38. The zero-order valence-corrected chi connectivity index (χ0v) is 38.2. The molecule has 0 aromatic heterocycles. The molecule has 2 aliphatic heterocycles. The third-order valence-corrected chi connectivity index (χ3v) is 13.4. The van der Waals surface area contributed by atoms with Crippen LogP contribution in [-0.2, 0) is 33.4 Å². The van der Waals surface area contributed by atoms with Crippen LogP contribution < -0.4 is 0 Å². The molecule has 61 heavy (non-hydrogen) atoms. The van der Waals surface area contributed by atoms with Crippen molar-refractivity contribution in [3.8, 4) is 12.3 Å². The summed E-state index contributed by atoms with van der Waals surface area (Å²) in [6, 6.07) is -1.07. The van der Waals surface area contributed by atoms with Gasteiger partial charge in [0.25, 0.3) is 11.7 Å². The van der Waals surface area contributed by atoms with E-state index in [1.54, 1.807) is 21.1 Å². The fourth-order valence-electron chi connectivity index (χ4n) is 9.20. The first-order valence-corrected chi connectivity index (χ1v) is 22.9. The number of likely N-dealkylation sites (tertiary alicyclic amines) is 1. The standard InChI is InChI=1S/C50H77NO10/c1-9-39(32-40-20-17-21-42(33-40)59-7)25-28-44(52)36(4)31-37(5)46(53)45(60-8)30-35(3)19-14-12-10-11-13-18-34(2)23-26-41-27-24-38(6)50(58,61-41)47(54)48(55)51-29-16-15-22-43(51)49(56)57/h1,10-13,18,31,35-36,38-43,45-46,53,58H,14-17,19-30,32-33H2,2-8H3,(H,56,57)/b12-10+,13-11+,34-18+,37-31+/t35-,36-,38-,39?,40+,41-,42+,43+,45+,46-,50-/m1/s1. The second kappa shape index (κ2) is 26.3. The summed E-state index contributed by atoms with van der Waals surface area (Å²) in [5.41, 5.74) is 1.84. The van der Waals surface area contributed by atoms with Crippen LogP contribution in [0.25, 0.3) is 0 Å². The number of carbonyl (C=O) groups excluding carboxylic acids is 3. The van der Waals surface area contributed by atoms with E-state index in [4.69, 9.17) is 20.6 Å². The number of nitrogens with zero attached hydrogens (tertiary/aromatic N) is 1. The fraction of sp³-hybridized carbons (Fsp3) is 0.720. The molecule has 0 radical (unpaired) electrons. The van der Waals surface area contributed by atoms with Crippen molar-refractivity contribution in [1.29, 1.82) is 0 Å². The van der Waals surface area contributed by atoms with Crippen molar-refractivity contribution in [2.24, 2.45) is 29.6 Å². The number of hydrogen-bond acceptors (Lipinski definition) is 9. The summed E-state index contributed by atoms with van der Waals surface area (Å²) in [6.07, 6.45) is 29.5. The van der Waals surface area contributed by atoms with E-state index in [1.807, 2.05) is 51.2 Å². The van der Waals surface area contributed by atoms with Gasteiger partial charge in [-0.15, -0.1) is 12.3 Å². The molecule has 11 nitrogen and oxygen atoms in total. The normalized spacial score (nSPS) is 27.9. The predicted octanol–water partition coefficient (Wildman–Crippen LogP) is 8.32. The van der Waals surface area contributed by atoms with Crippen molar-refractivity contribution in [3.05, 3.63) is 47.6 Å². The first-order valence-electron chi connectivity index (χ1n) is 22.9. The molecule has 3 rings (SSSR count). The average molecular weight is 852 g/mol. The molecule has 3 aliphatic rings. The number of piperidine rings is 1. The number of carboxylic acids is 1. The summed E-state index contributed by atoms with van der Waals surface area (Å²) in [5, 5.41) is 32.1. The number of Topliss-reactive ketones (excluding diaryl/α,β-unsaturated/α-hetero) is 2. The van der Waals surface area contributed by atoms with Crippen molar-refractivity contribution < 1.29 is 48.7 Å². The van der Waals surface area contributed by atoms with E-state index in [1.165, 1.54) is 6.42 Å². The lowest BCUT2D eigenvalue weighted by atomic mass is 9.80. The Kier molecular flexibility index (Phi) is 22.4. The molecule has 0 spiro atoms. The highest BCUT2D eigenvalue weighted by Crippen LogP contribution is 2.36. The Bertz CT molecular complexity index is 1590. The molecule has 3 N–H and O–H groups in total. The average Bonchev–Trinajstić information content (AvgIpc) is 3.25. The number of terminal acetylenes is 1. The van der Waals surface area contributed by atoms with Gasteiger partial charge in [0.1, 0.15) is 17.9 Å². The molecule has 0 aromatic carbocycles. The first kappa shape index (κ1) is 51.9. The quantitative estimate of drug-likeness (QED) is 0.0373. The van der Waals surface area contributed by atoms with Crippen molar-refractivity contribution in [2.45, 2.75) is 180 Å². The van der Waals surface area contributed by atoms with Crippen molar-refractivity contribution >= 4 is 23.4 Å². The van der Waals surface area contributed by atoms with Gasteiger partial charge in [0.2, 0.25) is 5.79 Å². The monoisotopic (exact) mass is 852 g/mol. The lowest BCUT2D eigenvalue weighted by molar-refractivity contribution is -0.263. The number of allylic oxidation sites excluding steroid dienone is 7. The molecule has 1 saturated carbocycles. The lowest BCUT2D eigenvalue weighted by Crippen LogP contribution is -2.60. The number of aliphatic carboxylic acids is 1. The number of rotatable bonds is 24. The molecule has 1 amide bonds. The van der Waals surface area contributed by atoms with Crippen LogP contribution in [0, 0.1) is 41.9 Å². The highest BCUT2D eigenvalue weighted by molar-refractivity contribution is 6.39. The van der Waals surface area contributed by atoms with E-state index in [-0.39, 0.29) is 36.7 Å². The molecule has 2 saturated heterocycles. The van der Waals surface area contributed by atoms with Gasteiger partial charge in [0.15, 0.2) is 0 Å². The summed E-state index contributed by atoms with van der Waals surface area (Å²) in [5.74, 6) is -2.43. The largest absolute Gasteiger partial charge is 0.480 e. The molecular weight excluding hydrogens is 775 g/mol. The summed E-state index contributed by atoms with van der Waals surface area (Å²) in [7, 11) is 3.39. The summed E-state index contributed by atoms with van der Waals surface area (Å²) >= 11 is 0. The van der Waals surface area contributed by atoms with Gasteiger partial charge in [-0.3, -0.25) is 14.4 Å². The topological polar surface area (TPSA) is 160 Å². The lowest BCUT2D eigenvalue weighted by Gasteiger charge is -2.42. The summed E-state index contributed by atoms with van der Waals surface area (Å²) < 4.78 is 17.2. The minimum atomic E-state index is -2.28. The van der Waals surface area contributed by atoms with Crippen molar-refractivity contribution in [1.82, 2.24) is 4.90 Å². The Morgan fingerprint density at radius 3 is 2.43 bits per heavy atom. The van der Waals surface area contributed by atoms with Crippen LogP contribution in [-0.4, -0.2) is 101 Å². The van der Waals surface area contributed by atoms with E-state index < -0.39 is 47.6 Å². The van der Waals surface area contributed by atoms with E-state index in [2.05, 4.69) is 18.9 Å². The molecule has 0 aromatic rings. The van der Waals surface area contributed by atoms with Gasteiger partial charge < -0.3 is 34.4 Å². The van der Waals surface area contributed by atoms with Gasteiger partial charge >= 0.3 is 5.97 Å². The van der Waals surface area contributed by atoms with Crippen LogP contribution in [0.15, 0.2) is 47.6 Å². The Morgan fingerprint density at radius 2 is 1.74 bits per heavy atom. The molecule has 3 fully saturated rings. The molecule has 2 heterocycles. The maximum Gasteiger partial charge on any atom is 0.326 e. The number of carboxylic acid groups (broad SMARTS) is 1. The molecule has 11 heteroatoms. The Labute approximate surface area is 366 Å². The van der Waals surface area contributed by atoms with Gasteiger partial charge in [-0.05, 0) is 121 Å². The number of methoxy groups -OCH3 is 2. The third-order valence-electron chi connectivity index (χ3n) is 13.4. The number of hydrogen-bond donors (Lipinski definition) is 3. The molecule has 1 unspecified atom stereocenters. The highest BCUT2D eigenvalue weighted by Gasteiger charge is 2.52. The van der Waals surface area contributed by atoms with E-state index >= 15 is 0 Å². The van der Waals surface area contributed by atoms with Gasteiger partial charge in [-0.2, -0.15) is 0 Å². The van der Waals surface area contributed by atoms with Crippen molar-refractivity contribution in [2.75, 3.05) is 20.8 Å². The maximum atomic E-state index is 13.3. The van der Waals surface area contributed by atoms with Gasteiger partial charge in [-0.25, -0.2) is 4.79 Å². The molecule has 0 bridgehead atoms. The fourth-order valence-corrected chi connectivity index (χ4v) is 9.20. The number of ketones is 2. The van der Waals surface area contributed by atoms with Crippen LogP contribution >= 0.6 is 0 Å². The SMILES string of the molecule is C#CC(CCC(=O)[C@H](C)/C=C(\C)[C@@H](O)[C@H](C[C@H](C)CC/C=C/C=C/C=C(\C)CC[C@@H]1CC[C@@H](C)[C@](O)(C(=O)C(=O)N2CCCC[C@H]2C(=O)O)O1)OC)C[C@@H]1CCC[C@H](OC)C1. The first-order chi connectivity index (χ1) is 29.0. The molecule has 1 aliphatic carbocycles. The van der Waals surface area contributed by atoms with E-state index in [0.717, 1.165) is 54.6 Å². The number of aliphatic hydroxyl groups is 2. The zero-order valence-electron chi connectivity index (χ0n) is 38.2. The molecular formula is C50H77NO10. The second-order valence-electron chi connectivity index (χ2n) is 18.3. The minimum absolute atomic E-state index is 0.0821. The van der Waals surface area contributed by atoms with Gasteiger partial charge in [0.05, 0.1) is 18.3 Å². The minimum Gasteiger partial charge on any atom is -0.480 e. The smallest absolute Gasteiger partial charge is 0.326 e. The van der Waals surface area contributed by atoms with Gasteiger partial charge in [0, 0.05) is 44.9 Å². The van der Waals surface area contributed by atoms with Crippen LogP contribution in [0.2, 0.25) is 0 Å². The van der Waals surface area contributed by atoms with Crippen LogP contribution in [0.5, 0.6) is 0 Å². The molecule has 342 valence electrons. The van der Waals surface area contributed by atoms with Crippen molar-refractivity contribution in [3.63, 3.8) is 0 Å².